The Balaban J connectivity index is 5.31. The van der Waals surface area contributed by atoms with Gasteiger partial charge in [0, 0.05) is 23.8 Å². The zero-order valence-electron chi connectivity index (χ0n) is 38.3. The Kier molecular flexibility index (Phi) is 39.0. The summed E-state index contributed by atoms with van der Waals surface area (Å²) in [5, 5.41) is 28.4. The molecule has 0 aliphatic rings. The number of aliphatic hydroxyl groups excluding tert-OH is 1. The van der Waals surface area contributed by atoms with Gasteiger partial charge in [0.2, 0.25) is 0 Å². The maximum absolute atomic E-state index is 13.2. The molecule has 0 aromatic carbocycles. The van der Waals surface area contributed by atoms with Crippen LogP contribution >= 0.6 is 19.6 Å². The number of carbonyl (C=O) groups excluding carboxylic acids is 2. The molecule has 0 saturated heterocycles. The molecule has 0 aliphatic carbocycles. The topological polar surface area (TPSA) is 255 Å². The number of aliphatic hydroxyl groups is 1. The fourth-order valence-electron chi connectivity index (χ4n) is 5.64. The molecule has 6 atom stereocenters. The van der Waals surface area contributed by atoms with Crippen molar-refractivity contribution in [1.82, 2.24) is 0 Å². The van der Waals surface area contributed by atoms with Crippen molar-refractivity contribution in [2.75, 3.05) is 25.6 Å². The molecule has 0 aliphatic heterocycles. The average Bonchev–Trinajstić information content (AvgIpc) is 3.26. The minimum absolute atomic E-state index is 0.0487. The van der Waals surface area contributed by atoms with Gasteiger partial charge in [-0.3, -0.25) is 28.2 Å². The fourth-order valence-corrected chi connectivity index (χ4v) is 7.54. The molecule has 0 aromatic rings. The van der Waals surface area contributed by atoms with E-state index >= 15 is 0 Å². The summed E-state index contributed by atoms with van der Waals surface area (Å²) in [7, 11) is -4.88. The van der Waals surface area contributed by atoms with E-state index in [-0.39, 0.29) is 31.4 Å². The quantitative estimate of drug-likeness (QED) is 0.0110. The van der Waals surface area contributed by atoms with Gasteiger partial charge < -0.3 is 41.2 Å². The second-order valence-corrected chi connectivity index (χ2v) is 18.1. The minimum atomic E-state index is -4.88. The number of phosphoric acid groups is 1. The van der Waals surface area contributed by atoms with Crippen LogP contribution in [0.3, 0.4) is 0 Å². The predicted molar refractivity (Wildman–Crippen MR) is 255 cm³/mol. The van der Waals surface area contributed by atoms with Crippen molar-refractivity contribution in [2.45, 2.75) is 172 Å². The first kappa shape index (κ1) is 60.7. The highest BCUT2D eigenvalue weighted by Crippen LogP contribution is 2.43. The van der Waals surface area contributed by atoms with E-state index in [1.54, 1.807) is 18.2 Å². The second kappa shape index (κ2) is 41.1. The average molecular weight is 943 g/mol. The summed E-state index contributed by atoms with van der Waals surface area (Å²) in [6.45, 7) is 2.21. The Morgan fingerprint density at radius 1 is 0.656 bits per heavy atom. The van der Waals surface area contributed by atoms with E-state index in [4.69, 9.17) is 35.7 Å². The van der Waals surface area contributed by atoms with Crippen molar-refractivity contribution < 1.29 is 62.5 Å². The Bertz CT molecular complexity index is 1490. The fraction of sp³-hybridized carbons (Fsp3) is 0.660. The number of aliphatic carboxylic acids is 2. The van der Waals surface area contributed by atoms with Crippen molar-refractivity contribution in [3.05, 3.63) is 72.9 Å². The van der Waals surface area contributed by atoms with Crippen LogP contribution in [-0.2, 0) is 42.3 Å². The molecule has 8 N–H and O–H groups in total. The first-order valence-corrected chi connectivity index (χ1v) is 25.4. The Hall–Kier alpha value is -3.34. The molecule has 0 saturated carbocycles. The van der Waals surface area contributed by atoms with Gasteiger partial charge in [-0.2, -0.15) is 0 Å². The number of phosphoric ester groups is 1. The van der Waals surface area contributed by atoms with E-state index in [9.17, 15) is 33.7 Å². The summed E-state index contributed by atoms with van der Waals surface area (Å²) in [6, 6.07) is -2.87. The van der Waals surface area contributed by atoms with Gasteiger partial charge in [-0.1, -0.05) is 132 Å². The van der Waals surface area contributed by atoms with Crippen LogP contribution in [0.2, 0.25) is 0 Å². The van der Waals surface area contributed by atoms with Crippen LogP contribution in [0.4, 0.5) is 0 Å². The molecule has 1 unspecified atom stereocenters. The highest BCUT2D eigenvalue weighted by atomic mass is 32.2. The van der Waals surface area contributed by atoms with E-state index in [1.165, 1.54) is 38.5 Å². The van der Waals surface area contributed by atoms with Gasteiger partial charge in [-0.15, -0.1) is 11.8 Å². The number of unbranched alkanes of at least 4 members (excludes halogenated alkanes) is 11. The SMILES string of the molecule is CCCCC/C=C\C\C=C/C=C/C=C/[C@@H](SC[C@H](N)C(=O)O[C@H](COC(=O)CCCCCCC/C=C\C/C=C\CCCCC)COP(=O)(O)OC[C@H](N)C(=O)O)[C@@H](O)CCCC(=O)O. The Labute approximate surface area is 386 Å². The van der Waals surface area contributed by atoms with Crippen LogP contribution in [0.25, 0.3) is 0 Å². The van der Waals surface area contributed by atoms with Gasteiger partial charge in [0.25, 0.3) is 0 Å². The number of rotatable bonds is 42. The minimum Gasteiger partial charge on any atom is -0.481 e. The van der Waals surface area contributed by atoms with Gasteiger partial charge in [0.15, 0.2) is 6.10 Å². The summed E-state index contributed by atoms with van der Waals surface area (Å²) >= 11 is 1.15. The van der Waals surface area contributed by atoms with Gasteiger partial charge in [-0.25, -0.2) is 4.57 Å². The van der Waals surface area contributed by atoms with E-state index in [0.717, 1.165) is 69.5 Å². The standard InChI is InChI=1S/C47H79N2O13PS/c1-3-5-7-9-11-13-15-17-18-19-21-23-25-27-29-34-45(53)59-35-39(36-60-63(57,58)61-37-40(48)46(54)55)62-47(56)41(49)38-64-43(42(50)31-30-33-44(51)52)32-28-26-24-22-20-16-14-12-10-8-6-4-2/h11-14,17-18,20,22,24,26,28,32,39-43,50H,3-10,15-16,19,21,23,25,27,29-31,33-38,48-49H2,1-2H3,(H,51,52)(H,54,55)(H,57,58)/b13-11-,14-12-,18-17-,22-20-,26-24+,32-28+/t39-,40+,41+,42+,43-/m1/s1. The third kappa shape index (κ3) is 38.0. The molecule has 0 bridgehead atoms. The number of allylic oxidation sites excluding steroid dienone is 11. The number of hydrogen-bond acceptors (Lipinski definition) is 13. The van der Waals surface area contributed by atoms with E-state index in [1.807, 2.05) is 18.2 Å². The van der Waals surface area contributed by atoms with E-state index < -0.39 is 81.1 Å². The molecular weight excluding hydrogens is 864 g/mol. The molecule has 0 heterocycles. The number of ether oxygens (including phenoxy) is 2. The number of hydrogen-bond donors (Lipinski definition) is 6. The summed E-state index contributed by atoms with van der Waals surface area (Å²) in [4.78, 5) is 57.9. The van der Waals surface area contributed by atoms with Crippen LogP contribution < -0.4 is 11.5 Å². The predicted octanol–water partition coefficient (Wildman–Crippen LogP) is 9.04. The summed E-state index contributed by atoms with van der Waals surface area (Å²) in [5.41, 5.74) is 11.5. The summed E-state index contributed by atoms with van der Waals surface area (Å²) < 4.78 is 32.8. The van der Waals surface area contributed by atoms with Crippen LogP contribution in [0.15, 0.2) is 72.9 Å². The molecule has 0 radical (unpaired) electrons. The number of esters is 2. The number of thioether (sulfide) groups is 1. The van der Waals surface area contributed by atoms with Crippen molar-refractivity contribution in [3.8, 4) is 0 Å². The van der Waals surface area contributed by atoms with Crippen molar-refractivity contribution >= 4 is 43.5 Å². The molecule has 0 aromatic heterocycles. The normalized spacial score (nSPS) is 15.7. The van der Waals surface area contributed by atoms with Gasteiger partial charge in [0.05, 0.1) is 19.3 Å². The summed E-state index contributed by atoms with van der Waals surface area (Å²) in [5.74, 6) is -4.04. The Morgan fingerprint density at radius 3 is 1.83 bits per heavy atom. The van der Waals surface area contributed by atoms with Gasteiger partial charge in [0.1, 0.15) is 18.7 Å². The van der Waals surface area contributed by atoms with Gasteiger partial charge in [-0.05, 0) is 70.6 Å². The van der Waals surface area contributed by atoms with Crippen molar-refractivity contribution in [3.63, 3.8) is 0 Å². The molecule has 15 nitrogen and oxygen atoms in total. The van der Waals surface area contributed by atoms with E-state index in [0.29, 0.717) is 6.42 Å². The molecule has 0 rings (SSSR count). The van der Waals surface area contributed by atoms with Crippen LogP contribution in [0.1, 0.15) is 142 Å². The number of carboxylic acids is 2. The monoisotopic (exact) mass is 943 g/mol. The largest absolute Gasteiger partial charge is 0.481 e. The highest BCUT2D eigenvalue weighted by Gasteiger charge is 2.30. The summed E-state index contributed by atoms with van der Waals surface area (Å²) in [6.07, 6.45) is 38.8. The number of nitrogens with two attached hydrogens (primary N) is 2. The molecule has 0 fully saturated rings. The number of carboxylic acid groups (broad SMARTS) is 2. The zero-order chi connectivity index (χ0) is 47.7. The maximum Gasteiger partial charge on any atom is 0.472 e. The second-order valence-electron chi connectivity index (χ2n) is 15.4. The molecular formula is C47H79N2O13PS. The lowest BCUT2D eigenvalue weighted by atomic mass is 10.1. The molecule has 0 amide bonds. The van der Waals surface area contributed by atoms with Crippen LogP contribution in [0.5, 0.6) is 0 Å². The third-order valence-corrected chi connectivity index (χ3v) is 11.8. The van der Waals surface area contributed by atoms with Crippen molar-refractivity contribution in [1.29, 1.82) is 0 Å². The van der Waals surface area contributed by atoms with Crippen molar-refractivity contribution in [2.24, 2.45) is 11.5 Å². The lowest BCUT2D eigenvalue weighted by Gasteiger charge is -2.23. The lowest BCUT2D eigenvalue weighted by molar-refractivity contribution is -0.161. The van der Waals surface area contributed by atoms with E-state index in [2.05, 4.69) is 54.8 Å². The Morgan fingerprint density at radius 2 is 1.22 bits per heavy atom. The first-order chi connectivity index (χ1) is 30.7. The smallest absolute Gasteiger partial charge is 0.472 e. The molecule has 17 heteroatoms. The molecule has 366 valence electrons. The maximum atomic E-state index is 13.2. The van der Waals surface area contributed by atoms with Crippen LogP contribution in [0, 0.1) is 0 Å². The molecule has 0 spiro atoms. The highest BCUT2D eigenvalue weighted by molar-refractivity contribution is 8.00. The molecule has 64 heavy (non-hydrogen) atoms. The van der Waals surface area contributed by atoms with Crippen LogP contribution in [-0.4, -0.2) is 99.2 Å². The van der Waals surface area contributed by atoms with Gasteiger partial charge >= 0.3 is 31.7 Å². The first-order valence-electron chi connectivity index (χ1n) is 22.9. The lowest BCUT2D eigenvalue weighted by Crippen LogP contribution is -2.40. The number of carbonyl (C=O) groups is 4. The third-order valence-electron chi connectivity index (χ3n) is 9.43. The zero-order valence-corrected chi connectivity index (χ0v) is 40.0.